The van der Waals surface area contributed by atoms with E-state index in [-0.39, 0.29) is 17.6 Å². The van der Waals surface area contributed by atoms with Gasteiger partial charge in [-0.15, -0.1) is 0 Å². The van der Waals surface area contributed by atoms with Crippen LogP contribution in [0.5, 0.6) is 0 Å². The maximum atomic E-state index is 13.1. The smallest absolute Gasteiger partial charge is 0.272 e. The van der Waals surface area contributed by atoms with Crippen LogP contribution in [-0.4, -0.2) is 58.0 Å². The number of aromatic amines is 1. The summed E-state index contributed by atoms with van der Waals surface area (Å²) >= 11 is 0. The van der Waals surface area contributed by atoms with Gasteiger partial charge in [0.1, 0.15) is 17.3 Å². The van der Waals surface area contributed by atoms with Crippen LogP contribution in [0.4, 0.5) is 8.78 Å². The molecule has 6 nitrogen and oxygen atoms in total. The molecule has 2 heterocycles. The van der Waals surface area contributed by atoms with E-state index in [1.165, 1.54) is 36.4 Å². The zero-order valence-electron chi connectivity index (χ0n) is 15.4. The summed E-state index contributed by atoms with van der Waals surface area (Å²) in [6, 6.07) is 12.9. The summed E-state index contributed by atoms with van der Waals surface area (Å²) in [5.74, 6) is -1.12. The first kappa shape index (κ1) is 18.8. The predicted octanol–water partition coefficient (Wildman–Crippen LogP) is 2.95. The van der Waals surface area contributed by atoms with Gasteiger partial charge in [0.15, 0.2) is 0 Å². The van der Waals surface area contributed by atoms with E-state index in [1.54, 1.807) is 28.0 Å². The molecule has 1 saturated heterocycles. The highest BCUT2D eigenvalue weighted by molar-refractivity contribution is 5.95. The van der Waals surface area contributed by atoms with Crippen molar-refractivity contribution in [1.29, 1.82) is 0 Å². The lowest BCUT2D eigenvalue weighted by atomic mass is 10.1. The number of halogens is 2. The molecule has 1 aliphatic heterocycles. The fourth-order valence-electron chi connectivity index (χ4n) is 3.26. The molecule has 0 aliphatic carbocycles. The van der Waals surface area contributed by atoms with Gasteiger partial charge in [-0.1, -0.05) is 0 Å². The minimum atomic E-state index is -0.392. The summed E-state index contributed by atoms with van der Waals surface area (Å²) in [4.78, 5) is 28.5. The van der Waals surface area contributed by atoms with Crippen LogP contribution in [-0.2, 0) is 0 Å². The van der Waals surface area contributed by atoms with Gasteiger partial charge < -0.3 is 9.80 Å². The molecule has 0 atom stereocenters. The summed E-state index contributed by atoms with van der Waals surface area (Å²) in [5, 5.41) is 6.86. The molecule has 1 N–H and O–H groups in total. The fraction of sp³-hybridized carbons (Fsp3) is 0.190. The van der Waals surface area contributed by atoms with Crippen molar-refractivity contribution in [3.8, 4) is 11.3 Å². The Kier molecular flexibility index (Phi) is 5.07. The van der Waals surface area contributed by atoms with Crippen molar-refractivity contribution in [2.75, 3.05) is 26.2 Å². The van der Waals surface area contributed by atoms with Gasteiger partial charge in [-0.2, -0.15) is 5.10 Å². The molecule has 2 aromatic carbocycles. The number of benzene rings is 2. The maximum absolute atomic E-state index is 13.1. The first-order valence-electron chi connectivity index (χ1n) is 9.17. The standard InChI is InChI=1S/C21H18F2N4O2/c22-16-5-1-14(2-6-16)18-13-19(25-24-18)21(29)27-11-9-26(10-12-27)20(28)15-3-7-17(23)8-4-15/h1-8,13H,9-12H2,(H,24,25). The van der Waals surface area contributed by atoms with Gasteiger partial charge in [0, 0.05) is 37.3 Å². The number of H-pyrrole nitrogens is 1. The molecule has 29 heavy (non-hydrogen) atoms. The van der Waals surface area contributed by atoms with Crippen molar-refractivity contribution < 1.29 is 18.4 Å². The zero-order chi connectivity index (χ0) is 20.4. The molecule has 0 spiro atoms. The number of piperazine rings is 1. The van der Waals surface area contributed by atoms with Crippen molar-refractivity contribution in [2.24, 2.45) is 0 Å². The Labute approximate surface area is 165 Å². The second kappa shape index (κ2) is 7.83. The average Bonchev–Trinajstić information content (AvgIpc) is 3.24. The van der Waals surface area contributed by atoms with E-state index in [9.17, 15) is 18.4 Å². The van der Waals surface area contributed by atoms with E-state index in [2.05, 4.69) is 10.2 Å². The van der Waals surface area contributed by atoms with E-state index in [0.29, 0.717) is 48.7 Å². The third-order valence-corrected chi connectivity index (χ3v) is 4.89. The second-order valence-corrected chi connectivity index (χ2v) is 6.77. The molecule has 1 fully saturated rings. The first-order chi connectivity index (χ1) is 14.0. The number of aromatic nitrogens is 2. The van der Waals surface area contributed by atoms with Crippen molar-refractivity contribution in [2.45, 2.75) is 0 Å². The Hall–Kier alpha value is -3.55. The molecule has 4 rings (SSSR count). The highest BCUT2D eigenvalue weighted by Crippen LogP contribution is 2.19. The summed E-state index contributed by atoms with van der Waals surface area (Å²) < 4.78 is 26.1. The molecule has 2 amide bonds. The molecule has 0 saturated carbocycles. The highest BCUT2D eigenvalue weighted by Gasteiger charge is 2.26. The molecule has 148 valence electrons. The van der Waals surface area contributed by atoms with Crippen molar-refractivity contribution in [3.63, 3.8) is 0 Å². The van der Waals surface area contributed by atoms with E-state index in [0.717, 1.165) is 0 Å². The maximum Gasteiger partial charge on any atom is 0.272 e. The molecule has 1 aromatic heterocycles. The van der Waals surface area contributed by atoms with Crippen LogP contribution in [0.25, 0.3) is 11.3 Å². The van der Waals surface area contributed by atoms with E-state index in [1.807, 2.05) is 0 Å². The Balaban J connectivity index is 1.38. The van der Waals surface area contributed by atoms with Crippen LogP contribution in [0.1, 0.15) is 20.8 Å². The van der Waals surface area contributed by atoms with Crippen LogP contribution in [0, 0.1) is 11.6 Å². The third-order valence-electron chi connectivity index (χ3n) is 4.89. The van der Waals surface area contributed by atoms with Crippen molar-refractivity contribution >= 4 is 11.8 Å². The van der Waals surface area contributed by atoms with Gasteiger partial charge in [-0.25, -0.2) is 8.78 Å². The van der Waals surface area contributed by atoms with Crippen LogP contribution in [0.3, 0.4) is 0 Å². The first-order valence-corrected chi connectivity index (χ1v) is 9.17. The minimum absolute atomic E-state index is 0.183. The number of amides is 2. The van der Waals surface area contributed by atoms with Crippen LogP contribution in [0.2, 0.25) is 0 Å². The number of nitrogens with one attached hydrogen (secondary N) is 1. The largest absolute Gasteiger partial charge is 0.335 e. The number of hydrogen-bond donors (Lipinski definition) is 1. The molecule has 8 heteroatoms. The van der Waals surface area contributed by atoms with Crippen LogP contribution in [0.15, 0.2) is 54.6 Å². The SMILES string of the molecule is O=C(c1ccc(F)cc1)N1CCN(C(=O)c2cc(-c3ccc(F)cc3)n[nH]2)CC1. The highest BCUT2D eigenvalue weighted by atomic mass is 19.1. The number of carbonyl (C=O) groups is 2. The van der Waals surface area contributed by atoms with Gasteiger partial charge in [0.25, 0.3) is 11.8 Å². The van der Waals surface area contributed by atoms with Gasteiger partial charge in [0.2, 0.25) is 0 Å². The topological polar surface area (TPSA) is 69.3 Å². The Morgan fingerprint density at radius 1 is 0.793 bits per heavy atom. The van der Waals surface area contributed by atoms with Crippen molar-refractivity contribution in [1.82, 2.24) is 20.0 Å². The van der Waals surface area contributed by atoms with Gasteiger partial charge in [-0.05, 0) is 54.6 Å². The Bertz CT molecular complexity index is 1020. The lowest BCUT2D eigenvalue weighted by molar-refractivity contribution is 0.0532. The van der Waals surface area contributed by atoms with Gasteiger partial charge in [-0.3, -0.25) is 14.7 Å². The summed E-state index contributed by atoms with van der Waals surface area (Å²) in [5.41, 5.74) is 2.02. The van der Waals surface area contributed by atoms with Gasteiger partial charge >= 0.3 is 0 Å². The summed E-state index contributed by atoms with van der Waals surface area (Å²) in [7, 11) is 0. The molecule has 3 aromatic rings. The lowest BCUT2D eigenvalue weighted by Crippen LogP contribution is -2.50. The number of nitrogens with zero attached hydrogens (tertiary/aromatic N) is 3. The quantitative estimate of drug-likeness (QED) is 0.740. The summed E-state index contributed by atoms with van der Waals surface area (Å²) in [6.45, 7) is 1.55. The molecule has 1 aliphatic rings. The Morgan fingerprint density at radius 3 is 1.90 bits per heavy atom. The van der Waals surface area contributed by atoms with E-state index < -0.39 is 5.82 Å². The van der Waals surface area contributed by atoms with Crippen molar-refractivity contribution in [3.05, 3.63) is 77.5 Å². The zero-order valence-corrected chi connectivity index (χ0v) is 15.4. The van der Waals surface area contributed by atoms with Crippen LogP contribution >= 0.6 is 0 Å². The second-order valence-electron chi connectivity index (χ2n) is 6.77. The Morgan fingerprint density at radius 2 is 1.31 bits per heavy atom. The molecule has 0 bridgehead atoms. The van der Waals surface area contributed by atoms with E-state index >= 15 is 0 Å². The number of hydrogen-bond acceptors (Lipinski definition) is 3. The van der Waals surface area contributed by atoms with Crippen LogP contribution < -0.4 is 0 Å². The fourth-order valence-corrected chi connectivity index (χ4v) is 3.26. The molecule has 0 radical (unpaired) electrons. The van der Waals surface area contributed by atoms with E-state index in [4.69, 9.17) is 0 Å². The minimum Gasteiger partial charge on any atom is -0.335 e. The third kappa shape index (κ3) is 4.01. The predicted molar refractivity (Wildman–Crippen MR) is 102 cm³/mol. The average molecular weight is 396 g/mol. The lowest BCUT2D eigenvalue weighted by Gasteiger charge is -2.34. The molecule has 0 unspecified atom stereocenters. The number of rotatable bonds is 3. The molecular weight excluding hydrogens is 378 g/mol. The monoisotopic (exact) mass is 396 g/mol. The number of carbonyl (C=O) groups excluding carboxylic acids is 2. The normalized spacial score (nSPS) is 14.1. The van der Waals surface area contributed by atoms with Gasteiger partial charge in [0.05, 0.1) is 5.69 Å². The summed E-state index contributed by atoms with van der Waals surface area (Å²) in [6.07, 6.45) is 0. The molecular formula is C21H18F2N4O2.